The van der Waals surface area contributed by atoms with E-state index in [1.54, 1.807) is 4.90 Å². The van der Waals surface area contributed by atoms with Crippen molar-refractivity contribution in [3.05, 3.63) is 192 Å². The SMILES string of the molecule is C[C@@H](/C=C/CCCN(Cc1ccccc1)C(=O)C1[C@H](C(=O)OCc2ccccc2)C(C(=O)OCc2ccccc2)[C@H]1C(=O)OCc1ccccc1)CCCc1ccccc1. The van der Waals surface area contributed by atoms with Crippen LogP contribution in [0.5, 0.6) is 0 Å². The van der Waals surface area contributed by atoms with Crippen molar-refractivity contribution < 1.29 is 33.4 Å². The average Bonchev–Trinajstić information content (AvgIpc) is 3.28. The summed E-state index contributed by atoms with van der Waals surface area (Å²) in [7, 11) is 0. The molecule has 8 heteroatoms. The number of benzene rings is 5. The van der Waals surface area contributed by atoms with E-state index in [9.17, 15) is 14.4 Å². The first-order chi connectivity index (χ1) is 29.4. The standard InChI is InChI=1S/C52H55NO7/c1-39(22-20-33-40-23-9-2-10-24-40)21-8-7-19-34-53(35-41-25-11-3-12-26-41)49(54)45-46(50(55)58-36-42-27-13-4-14-28-42)48(52(57)60-38-44-31-17-6-18-32-44)47(45)51(56)59-37-43-29-15-5-16-30-43/h2-6,8-18,21,23-32,39,45-48H,7,19-20,22,33-38H2,1H3/b21-8+/t39-,45?,46-,47-,48?/m0/s1. The van der Waals surface area contributed by atoms with E-state index >= 15 is 4.79 Å². The Labute approximate surface area is 354 Å². The summed E-state index contributed by atoms with van der Waals surface area (Å²) in [5.74, 6) is -7.29. The number of amides is 1. The van der Waals surface area contributed by atoms with E-state index in [0.717, 1.165) is 47.9 Å². The maximum absolute atomic E-state index is 15.0. The summed E-state index contributed by atoms with van der Waals surface area (Å²) in [6.45, 7) is 2.67. The molecular formula is C52H55NO7. The largest absolute Gasteiger partial charge is 0.461 e. The second-order valence-corrected chi connectivity index (χ2v) is 15.6. The number of ether oxygens (including phenoxy) is 3. The van der Waals surface area contributed by atoms with Gasteiger partial charge >= 0.3 is 17.9 Å². The van der Waals surface area contributed by atoms with Crippen molar-refractivity contribution in [2.24, 2.45) is 29.6 Å². The molecule has 1 aliphatic rings. The Balaban J connectivity index is 1.22. The molecule has 60 heavy (non-hydrogen) atoms. The minimum Gasteiger partial charge on any atom is -0.461 e. The van der Waals surface area contributed by atoms with Gasteiger partial charge in [-0.05, 0) is 65.8 Å². The highest BCUT2D eigenvalue weighted by atomic mass is 16.5. The highest BCUT2D eigenvalue weighted by molar-refractivity contribution is 5.99. The summed E-state index contributed by atoms with van der Waals surface area (Å²) in [5.41, 5.74) is 4.49. The maximum atomic E-state index is 15.0. The van der Waals surface area contributed by atoms with Gasteiger partial charge in [-0.15, -0.1) is 0 Å². The Kier molecular flexibility index (Phi) is 16.4. The summed E-state index contributed by atoms with van der Waals surface area (Å²) in [6.07, 6.45) is 9.03. The van der Waals surface area contributed by atoms with E-state index in [0.29, 0.717) is 18.9 Å². The fraction of sp³-hybridized carbons (Fsp3) is 0.308. The molecule has 0 aliphatic heterocycles. The summed E-state index contributed by atoms with van der Waals surface area (Å²) >= 11 is 0. The number of unbranched alkanes of at least 4 members (excludes halogenated alkanes) is 1. The third kappa shape index (κ3) is 12.6. The molecule has 0 aromatic heterocycles. The number of carbonyl (C=O) groups is 4. The van der Waals surface area contributed by atoms with Gasteiger partial charge in [0.2, 0.25) is 5.91 Å². The van der Waals surface area contributed by atoms with E-state index in [2.05, 4.69) is 43.3 Å². The smallest absolute Gasteiger partial charge is 0.311 e. The van der Waals surface area contributed by atoms with E-state index in [1.807, 2.05) is 127 Å². The molecule has 0 heterocycles. The minimum absolute atomic E-state index is 0.0588. The molecule has 1 aliphatic carbocycles. The summed E-state index contributed by atoms with van der Waals surface area (Å²) < 4.78 is 17.4. The van der Waals surface area contributed by atoms with E-state index in [-0.39, 0.29) is 26.4 Å². The quantitative estimate of drug-likeness (QED) is 0.0315. The molecule has 310 valence electrons. The van der Waals surface area contributed by atoms with Gasteiger partial charge in [0.05, 0.1) is 23.7 Å². The molecule has 1 fully saturated rings. The predicted molar refractivity (Wildman–Crippen MR) is 231 cm³/mol. The van der Waals surface area contributed by atoms with Crippen molar-refractivity contribution >= 4 is 23.8 Å². The fourth-order valence-corrected chi connectivity index (χ4v) is 7.79. The van der Waals surface area contributed by atoms with Crippen LogP contribution in [0.25, 0.3) is 0 Å². The molecule has 0 bridgehead atoms. The molecule has 5 aromatic rings. The van der Waals surface area contributed by atoms with Gasteiger partial charge in [0, 0.05) is 13.1 Å². The Morgan fingerprint density at radius 2 is 0.900 bits per heavy atom. The minimum atomic E-state index is -1.29. The van der Waals surface area contributed by atoms with Crippen LogP contribution in [0.1, 0.15) is 60.4 Å². The topological polar surface area (TPSA) is 99.2 Å². The predicted octanol–water partition coefficient (Wildman–Crippen LogP) is 9.72. The molecule has 0 N–H and O–H groups in total. The lowest BCUT2D eigenvalue weighted by molar-refractivity contribution is -0.198. The number of hydrogen-bond acceptors (Lipinski definition) is 7. The van der Waals surface area contributed by atoms with E-state index < -0.39 is 47.5 Å². The van der Waals surface area contributed by atoms with Crippen molar-refractivity contribution in [3.8, 4) is 0 Å². The van der Waals surface area contributed by atoms with Gasteiger partial charge < -0.3 is 19.1 Å². The average molecular weight is 806 g/mol. The molecule has 5 aromatic carbocycles. The van der Waals surface area contributed by atoms with Crippen LogP contribution in [0, 0.1) is 29.6 Å². The first-order valence-corrected chi connectivity index (χ1v) is 21.0. The van der Waals surface area contributed by atoms with Gasteiger partial charge in [0.15, 0.2) is 0 Å². The number of nitrogens with zero attached hydrogens (tertiary/aromatic N) is 1. The Hall–Kier alpha value is -6.28. The summed E-state index contributed by atoms with van der Waals surface area (Å²) in [4.78, 5) is 59.2. The fourth-order valence-electron chi connectivity index (χ4n) is 7.79. The highest BCUT2D eigenvalue weighted by Crippen LogP contribution is 2.50. The van der Waals surface area contributed by atoms with Crippen LogP contribution < -0.4 is 0 Å². The molecule has 1 saturated carbocycles. The van der Waals surface area contributed by atoms with Gasteiger partial charge in [0.1, 0.15) is 19.8 Å². The number of carbonyl (C=O) groups excluding carboxylic acids is 4. The van der Waals surface area contributed by atoms with Crippen LogP contribution in [0.2, 0.25) is 0 Å². The zero-order valence-electron chi connectivity index (χ0n) is 34.4. The molecular weight excluding hydrogens is 751 g/mol. The Bertz CT molecular complexity index is 2050. The first kappa shape index (κ1) is 43.3. The second kappa shape index (κ2) is 22.8. The second-order valence-electron chi connectivity index (χ2n) is 15.6. The van der Waals surface area contributed by atoms with Crippen LogP contribution in [0.4, 0.5) is 0 Å². The van der Waals surface area contributed by atoms with Gasteiger partial charge in [-0.1, -0.05) is 171 Å². The zero-order valence-corrected chi connectivity index (χ0v) is 34.4. The van der Waals surface area contributed by atoms with Gasteiger partial charge in [0.25, 0.3) is 0 Å². The third-order valence-corrected chi connectivity index (χ3v) is 11.1. The number of allylic oxidation sites excluding steroid dienone is 2. The van der Waals surface area contributed by atoms with E-state index in [4.69, 9.17) is 14.2 Å². The number of esters is 3. The van der Waals surface area contributed by atoms with Crippen LogP contribution in [0.15, 0.2) is 164 Å². The normalized spacial score (nSPS) is 17.6. The Morgan fingerprint density at radius 3 is 1.33 bits per heavy atom. The van der Waals surface area contributed by atoms with Gasteiger partial charge in [-0.25, -0.2) is 0 Å². The number of aryl methyl sites for hydroxylation is 1. The molecule has 0 radical (unpaired) electrons. The van der Waals surface area contributed by atoms with Gasteiger partial charge in [-0.3, -0.25) is 19.2 Å². The molecule has 0 unspecified atom stereocenters. The van der Waals surface area contributed by atoms with E-state index in [1.165, 1.54) is 5.56 Å². The number of hydrogen-bond donors (Lipinski definition) is 0. The summed E-state index contributed by atoms with van der Waals surface area (Å²) in [5, 5.41) is 0. The van der Waals surface area contributed by atoms with Crippen LogP contribution in [0.3, 0.4) is 0 Å². The molecule has 3 atom stereocenters. The van der Waals surface area contributed by atoms with Crippen molar-refractivity contribution in [1.82, 2.24) is 4.90 Å². The third-order valence-electron chi connectivity index (χ3n) is 11.1. The van der Waals surface area contributed by atoms with Crippen LogP contribution >= 0.6 is 0 Å². The molecule has 0 spiro atoms. The molecule has 1 amide bonds. The van der Waals surface area contributed by atoms with Crippen LogP contribution in [-0.2, 0) is 66.2 Å². The highest BCUT2D eigenvalue weighted by Gasteiger charge is 2.65. The number of rotatable bonds is 21. The monoisotopic (exact) mass is 805 g/mol. The molecule has 6 rings (SSSR count). The van der Waals surface area contributed by atoms with Gasteiger partial charge in [-0.2, -0.15) is 0 Å². The Morgan fingerprint density at radius 1 is 0.517 bits per heavy atom. The lowest BCUT2D eigenvalue weighted by Crippen LogP contribution is -2.63. The zero-order chi connectivity index (χ0) is 41.9. The molecule has 0 saturated heterocycles. The van der Waals surface area contributed by atoms with Crippen molar-refractivity contribution in [2.45, 2.75) is 65.4 Å². The van der Waals surface area contributed by atoms with Crippen molar-refractivity contribution in [2.75, 3.05) is 6.54 Å². The van der Waals surface area contributed by atoms with Crippen molar-refractivity contribution in [3.63, 3.8) is 0 Å². The maximum Gasteiger partial charge on any atom is 0.311 e. The molecule has 8 nitrogen and oxygen atoms in total. The lowest BCUT2D eigenvalue weighted by atomic mass is 9.55. The van der Waals surface area contributed by atoms with Crippen LogP contribution in [-0.4, -0.2) is 35.3 Å². The van der Waals surface area contributed by atoms with Crippen molar-refractivity contribution in [1.29, 1.82) is 0 Å². The first-order valence-electron chi connectivity index (χ1n) is 21.0. The summed E-state index contributed by atoms with van der Waals surface area (Å²) in [6, 6.07) is 47.7. The lowest BCUT2D eigenvalue weighted by Gasteiger charge is -2.47.